The number of amides is 2. The van der Waals surface area contributed by atoms with Crippen LogP contribution in [0.3, 0.4) is 0 Å². The van der Waals surface area contributed by atoms with E-state index in [1.165, 1.54) is 11.0 Å². The molecule has 0 bridgehead atoms. The van der Waals surface area contributed by atoms with Crippen LogP contribution in [0.15, 0.2) is 42.5 Å². The van der Waals surface area contributed by atoms with Crippen LogP contribution in [-0.4, -0.2) is 35.6 Å². The predicted molar refractivity (Wildman–Crippen MR) is 111 cm³/mol. The molecule has 0 spiro atoms. The molecule has 2 amide bonds. The minimum atomic E-state index is -0.726. The van der Waals surface area contributed by atoms with Crippen LogP contribution in [0.25, 0.3) is 0 Å². The van der Waals surface area contributed by atoms with Crippen molar-refractivity contribution in [1.82, 2.24) is 10.2 Å². The van der Waals surface area contributed by atoms with Crippen molar-refractivity contribution in [2.45, 2.75) is 52.2 Å². The third-order valence-corrected chi connectivity index (χ3v) is 4.96. The first-order valence-corrected chi connectivity index (χ1v) is 10.1. The number of halogens is 1. The molecule has 1 unspecified atom stereocenters. The zero-order valence-corrected chi connectivity index (χ0v) is 17.5. The molecule has 160 valence electrons. The van der Waals surface area contributed by atoms with Crippen molar-refractivity contribution in [3.8, 4) is 11.5 Å². The van der Waals surface area contributed by atoms with Crippen molar-refractivity contribution in [2.75, 3.05) is 6.79 Å². The van der Waals surface area contributed by atoms with Crippen LogP contribution in [0, 0.1) is 5.82 Å². The van der Waals surface area contributed by atoms with Crippen molar-refractivity contribution in [3.63, 3.8) is 0 Å². The maximum Gasteiger partial charge on any atom is 0.242 e. The minimum absolute atomic E-state index is 0.0271. The zero-order valence-electron chi connectivity index (χ0n) is 17.5. The Bertz CT molecular complexity index is 916. The number of nitrogens with one attached hydrogen (secondary N) is 1. The van der Waals surface area contributed by atoms with Gasteiger partial charge in [-0.05, 0) is 51.0 Å². The normalized spacial score (nSPS) is 13.2. The molecule has 2 aromatic rings. The Balaban J connectivity index is 1.73. The van der Waals surface area contributed by atoms with Gasteiger partial charge in [-0.1, -0.05) is 24.3 Å². The van der Waals surface area contributed by atoms with E-state index >= 15 is 0 Å². The molecule has 6 nitrogen and oxygen atoms in total. The lowest BCUT2D eigenvalue weighted by molar-refractivity contribution is -0.140. The molecule has 1 heterocycles. The molecule has 0 radical (unpaired) electrons. The second-order valence-electron chi connectivity index (χ2n) is 7.64. The SMILES string of the molecule is CC(C)NC(=O)C(C)N(Cc1ccccc1F)C(=O)CCc1ccc2c(c1)OCO2. The molecular weight excluding hydrogens is 387 g/mol. The molecule has 0 aliphatic carbocycles. The topological polar surface area (TPSA) is 67.9 Å². The van der Waals surface area contributed by atoms with Gasteiger partial charge >= 0.3 is 0 Å². The van der Waals surface area contributed by atoms with Gasteiger partial charge in [0.2, 0.25) is 18.6 Å². The second-order valence-corrected chi connectivity index (χ2v) is 7.64. The van der Waals surface area contributed by atoms with Gasteiger partial charge in [0.15, 0.2) is 11.5 Å². The summed E-state index contributed by atoms with van der Waals surface area (Å²) in [6.45, 7) is 5.59. The van der Waals surface area contributed by atoms with Crippen LogP contribution in [-0.2, 0) is 22.6 Å². The number of carbonyl (C=O) groups excluding carboxylic acids is 2. The van der Waals surface area contributed by atoms with Crippen LogP contribution in [0.4, 0.5) is 4.39 Å². The number of fused-ring (bicyclic) bond motifs is 1. The summed E-state index contributed by atoms with van der Waals surface area (Å²) in [6, 6.07) is 11.1. The van der Waals surface area contributed by atoms with E-state index in [1.807, 2.05) is 32.0 Å². The molecule has 7 heteroatoms. The van der Waals surface area contributed by atoms with Gasteiger partial charge in [-0.3, -0.25) is 9.59 Å². The number of rotatable bonds is 8. The van der Waals surface area contributed by atoms with Gasteiger partial charge in [0.1, 0.15) is 11.9 Å². The molecule has 1 aliphatic rings. The number of nitrogens with zero attached hydrogens (tertiary/aromatic N) is 1. The fraction of sp³-hybridized carbons (Fsp3) is 0.391. The van der Waals surface area contributed by atoms with Crippen molar-refractivity contribution < 1.29 is 23.5 Å². The van der Waals surface area contributed by atoms with E-state index in [-0.39, 0.29) is 37.6 Å². The maximum atomic E-state index is 14.2. The first-order chi connectivity index (χ1) is 14.3. The number of hydrogen-bond donors (Lipinski definition) is 1. The molecular formula is C23H27FN2O4. The molecule has 0 fully saturated rings. The standard InChI is InChI=1S/C23H27FN2O4/c1-15(2)25-23(28)16(3)26(13-18-6-4-5-7-19(18)24)22(27)11-9-17-8-10-20-21(12-17)30-14-29-20/h4-8,10,12,15-16H,9,11,13-14H2,1-3H3,(H,25,28). The maximum absolute atomic E-state index is 14.2. The highest BCUT2D eigenvalue weighted by Gasteiger charge is 2.27. The largest absolute Gasteiger partial charge is 0.454 e. The summed E-state index contributed by atoms with van der Waals surface area (Å²) < 4.78 is 24.9. The van der Waals surface area contributed by atoms with E-state index < -0.39 is 11.9 Å². The van der Waals surface area contributed by atoms with Crippen molar-refractivity contribution in [2.24, 2.45) is 0 Å². The molecule has 3 rings (SSSR count). The van der Waals surface area contributed by atoms with Crippen LogP contribution in [0.2, 0.25) is 0 Å². The summed E-state index contributed by atoms with van der Waals surface area (Å²) in [5, 5.41) is 2.82. The highest BCUT2D eigenvalue weighted by molar-refractivity contribution is 5.87. The van der Waals surface area contributed by atoms with Gasteiger partial charge < -0.3 is 19.7 Å². The molecule has 2 aromatic carbocycles. The summed E-state index contributed by atoms with van der Waals surface area (Å²) in [4.78, 5) is 27.0. The molecule has 1 atom stereocenters. The van der Waals surface area contributed by atoms with Crippen LogP contribution < -0.4 is 14.8 Å². The smallest absolute Gasteiger partial charge is 0.242 e. The zero-order chi connectivity index (χ0) is 21.7. The second kappa shape index (κ2) is 9.61. The average Bonchev–Trinajstić information content (AvgIpc) is 3.18. The molecule has 1 N–H and O–H groups in total. The number of carbonyl (C=O) groups is 2. The molecule has 0 aromatic heterocycles. The third-order valence-electron chi connectivity index (χ3n) is 4.96. The van der Waals surface area contributed by atoms with Gasteiger partial charge in [-0.2, -0.15) is 0 Å². The van der Waals surface area contributed by atoms with Crippen molar-refractivity contribution in [3.05, 3.63) is 59.4 Å². The molecule has 30 heavy (non-hydrogen) atoms. The van der Waals surface area contributed by atoms with E-state index in [0.29, 0.717) is 23.5 Å². The number of ether oxygens (including phenoxy) is 2. The number of hydrogen-bond acceptors (Lipinski definition) is 4. The van der Waals surface area contributed by atoms with Gasteiger partial charge in [0.05, 0.1) is 0 Å². The van der Waals surface area contributed by atoms with Crippen LogP contribution in [0.1, 0.15) is 38.3 Å². The van der Waals surface area contributed by atoms with Gasteiger partial charge in [0, 0.05) is 24.6 Å². The quantitative estimate of drug-likeness (QED) is 0.719. The highest BCUT2D eigenvalue weighted by atomic mass is 19.1. The first kappa shape index (κ1) is 21.6. The Morgan fingerprint density at radius 2 is 1.83 bits per heavy atom. The van der Waals surface area contributed by atoms with E-state index in [2.05, 4.69) is 5.32 Å². The number of aryl methyl sites for hydroxylation is 1. The summed E-state index contributed by atoms with van der Waals surface area (Å²) >= 11 is 0. The fourth-order valence-electron chi connectivity index (χ4n) is 3.29. The monoisotopic (exact) mass is 414 g/mol. The van der Waals surface area contributed by atoms with E-state index in [4.69, 9.17) is 9.47 Å². The molecule has 0 saturated heterocycles. The van der Waals surface area contributed by atoms with Crippen molar-refractivity contribution >= 4 is 11.8 Å². The van der Waals surface area contributed by atoms with E-state index in [0.717, 1.165) is 5.56 Å². The lowest BCUT2D eigenvalue weighted by Gasteiger charge is -2.29. The lowest BCUT2D eigenvalue weighted by Crippen LogP contribution is -2.49. The lowest BCUT2D eigenvalue weighted by atomic mass is 10.1. The first-order valence-electron chi connectivity index (χ1n) is 10.1. The summed E-state index contributed by atoms with van der Waals surface area (Å²) in [7, 11) is 0. The molecule has 1 aliphatic heterocycles. The van der Waals surface area contributed by atoms with Crippen LogP contribution >= 0.6 is 0 Å². The Labute approximate surface area is 176 Å². The van der Waals surface area contributed by atoms with Gasteiger partial charge in [0.25, 0.3) is 0 Å². The van der Waals surface area contributed by atoms with E-state index in [1.54, 1.807) is 25.1 Å². The summed E-state index contributed by atoms with van der Waals surface area (Å²) in [5.74, 6) is 0.459. The summed E-state index contributed by atoms with van der Waals surface area (Å²) in [5.41, 5.74) is 1.30. The fourth-order valence-corrected chi connectivity index (χ4v) is 3.29. The van der Waals surface area contributed by atoms with Gasteiger partial charge in [-0.15, -0.1) is 0 Å². The predicted octanol–water partition coefficient (Wildman–Crippen LogP) is 3.43. The Kier molecular flexibility index (Phi) is 6.92. The Hall–Kier alpha value is -3.09. The summed E-state index contributed by atoms with van der Waals surface area (Å²) in [6.07, 6.45) is 0.662. The van der Waals surface area contributed by atoms with Crippen molar-refractivity contribution in [1.29, 1.82) is 0 Å². The molecule has 0 saturated carbocycles. The minimum Gasteiger partial charge on any atom is -0.454 e. The van der Waals surface area contributed by atoms with E-state index in [9.17, 15) is 14.0 Å². The number of benzene rings is 2. The van der Waals surface area contributed by atoms with Gasteiger partial charge in [-0.25, -0.2) is 4.39 Å². The average molecular weight is 414 g/mol. The Morgan fingerprint density at radius 1 is 1.10 bits per heavy atom. The third kappa shape index (κ3) is 5.28. The highest BCUT2D eigenvalue weighted by Crippen LogP contribution is 2.32. The Morgan fingerprint density at radius 3 is 2.57 bits per heavy atom. The van der Waals surface area contributed by atoms with Crippen LogP contribution in [0.5, 0.6) is 11.5 Å².